The van der Waals surface area contributed by atoms with Crippen LogP contribution in [0.3, 0.4) is 0 Å². The van der Waals surface area contributed by atoms with Gasteiger partial charge in [-0.15, -0.1) is 0 Å². The highest BCUT2D eigenvalue weighted by atomic mass is 16.5. The molecular weight excluding hydrogens is 282 g/mol. The van der Waals surface area contributed by atoms with Gasteiger partial charge in [0, 0.05) is 12.6 Å². The van der Waals surface area contributed by atoms with Crippen molar-refractivity contribution < 1.29 is 4.74 Å². The number of hydrogen-bond acceptors (Lipinski definition) is 2. The fraction of sp³-hybridized carbons (Fsp3) is 0.333. The largest absolute Gasteiger partial charge is 0.378 e. The molecule has 4 rings (SSSR count). The molecule has 0 spiro atoms. The van der Waals surface area contributed by atoms with E-state index in [0.717, 1.165) is 26.2 Å². The van der Waals surface area contributed by atoms with Crippen molar-refractivity contribution in [1.82, 2.24) is 4.90 Å². The van der Waals surface area contributed by atoms with Crippen LogP contribution in [-0.4, -0.2) is 30.2 Å². The average Bonchev–Trinajstić information content (AvgIpc) is 2.55. The van der Waals surface area contributed by atoms with Gasteiger partial charge >= 0.3 is 0 Å². The van der Waals surface area contributed by atoms with Crippen LogP contribution < -0.4 is 0 Å². The Bertz CT molecular complexity index is 707. The highest BCUT2D eigenvalue weighted by Gasteiger charge is 2.34. The number of rotatable bonds is 3. The normalized spacial score (nSPS) is 24.3. The van der Waals surface area contributed by atoms with Crippen LogP contribution in [0.4, 0.5) is 0 Å². The van der Waals surface area contributed by atoms with E-state index in [1.807, 2.05) is 0 Å². The second-order valence-corrected chi connectivity index (χ2v) is 6.68. The van der Waals surface area contributed by atoms with E-state index in [1.54, 1.807) is 0 Å². The third-order valence-electron chi connectivity index (χ3n) is 4.94. The van der Waals surface area contributed by atoms with Crippen LogP contribution in [-0.2, 0) is 11.3 Å². The zero-order chi connectivity index (χ0) is 15.6. The van der Waals surface area contributed by atoms with Crippen LogP contribution in [0.5, 0.6) is 0 Å². The summed E-state index contributed by atoms with van der Waals surface area (Å²) in [7, 11) is 0. The molecule has 2 atom stereocenters. The maximum Gasteiger partial charge on any atom is 0.0658 e. The Balaban J connectivity index is 1.60. The van der Waals surface area contributed by atoms with Crippen molar-refractivity contribution >= 4 is 5.57 Å². The lowest BCUT2D eigenvalue weighted by molar-refractivity contribution is -0.0402. The molecule has 0 N–H and O–H groups in total. The maximum atomic E-state index is 5.83. The Hall–Kier alpha value is -1.90. The number of aryl methyl sites for hydroxylation is 1. The summed E-state index contributed by atoms with van der Waals surface area (Å²) >= 11 is 0. The van der Waals surface area contributed by atoms with Crippen LogP contribution in [0.25, 0.3) is 5.57 Å². The summed E-state index contributed by atoms with van der Waals surface area (Å²) in [5.74, 6) is 0. The lowest BCUT2D eigenvalue weighted by Crippen LogP contribution is -2.53. The molecule has 2 heterocycles. The zero-order valence-electron chi connectivity index (χ0n) is 13.6. The minimum atomic E-state index is 0.387. The van der Waals surface area contributed by atoms with Crippen molar-refractivity contribution in [1.29, 1.82) is 0 Å². The predicted octanol–water partition coefficient (Wildman–Crippen LogP) is 4.05. The molecule has 2 nitrogen and oxygen atoms in total. The van der Waals surface area contributed by atoms with Gasteiger partial charge in [-0.25, -0.2) is 0 Å². The van der Waals surface area contributed by atoms with Crippen molar-refractivity contribution in [2.24, 2.45) is 0 Å². The van der Waals surface area contributed by atoms with Crippen molar-refractivity contribution in [2.75, 3.05) is 13.2 Å². The van der Waals surface area contributed by atoms with Gasteiger partial charge in [0.1, 0.15) is 0 Å². The summed E-state index contributed by atoms with van der Waals surface area (Å²) in [4.78, 5) is 2.61. The molecule has 0 radical (unpaired) electrons. The van der Waals surface area contributed by atoms with E-state index in [1.165, 1.54) is 22.3 Å². The first-order valence-electron chi connectivity index (χ1n) is 8.45. The Morgan fingerprint density at radius 3 is 2.70 bits per heavy atom. The van der Waals surface area contributed by atoms with Gasteiger partial charge in [-0.3, -0.25) is 4.90 Å². The third kappa shape index (κ3) is 3.10. The van der Waals surface area contributed by atoms with Gasteiger partial charge in [0.2, 0.25) is 0 Å². The quantitative estimate of drug-likeness (QED) is 0.848. The fourth-order valence-corrected chi connectivity index (χ4v) is 3.76. The number of nitrogens with zero attached hydrogens (tertiary/aromatic N) is 1. The van der Waals surface area contributed by atoms with E-state index < -0.39 is 0 Å². The summed E-state index contributed by atoms with van der Waals surface area (Å²) in [5, 5.41) is 0. The van der Waals surface area contributed by atoms with Crippen LogP contribution in [0.1, 0.15) is 23.1 Å². The summed E-state index contributed by atoms with van der Waals surface area (Å²) < 4.78 is 5.83. The number of morpholine rings is 1. The first kappa shape index (κ1) is 14.7. The van der Waals surface area contributed by atoms with E-state index in [-0.39, 0.29) is 0 Å². The molecule has 2 aliphatic heterocycles. The molecule has 2 heteroatoms. The van der Waals surface area contributed by atoms with E-state index in [2.05, 4.69) is 72.5 Å². The molecule has 1 saturated heterocycles. The van der Waals surface area contributed by atoms with E-state index in [4.69, 9.17) is 4.74 Å². The van der Waals surface area contributed by atoms with Gasteiger partial charge in [-0.2, -0.15) is 0 Å². The molecule has 2 bridgehead atoms. The van der Waals surface area contributed by atoms with Crippen molar-refractivity contribution in [3.63, 3.8) is 0 Å². The highest BCUT2D eigenvalue weighted by molar-refractivity contribution is 5.68. The van der Waals surface area contributed by atoms with Gasteiger partial charge in [0.25, 0.3) is 0 Å². The number of ether oxygens (including phenoxy) is 1. The second-order valence-electron chi connectivity index (χ2n) is 6.68. The van der Waals surface area contributed by atoms with Gasteiger partial charge in [0.05, 0.1) is 19.3 Å². The molecule has 0 aliphatic carbocycles. The molecule has 2 aromatic rings. The van der Waals surface area contributed by atoms with Crippen LogP contribution in [0.2, 0.25) is 0 Å². The van der Waals surface area contributed by atoms with Gasteiger partial charge in [-0.1, -0.05) is 66.2 Å². The summed E-state index contributed by atoms with van der Waals surface area (Å²) in [6.45, 7) is 4.82. The second kappa shape index (κ2) is 6.31. The Morgan fingerprint density at radius 1 is 1.04 bits per heavy atom. The maximum absolute atomic E-state index is 5.83. The Kier molecular flexibility index (Phi) is 4.02. The van der Waals surface area contributed by atoms with E-state index in [9.17, 15) is 0 Å². The molecular formula is C21H23NO. The zero-order valence-corrected chi connectivity index (χ0v) is 13.6. The number of benzene rings is 2. The molecule has 0 amide bonds. The van der Waals surface area contributed by atoms with Gasteiger partial charge < -0.3 is 4.74 Å². The molecule has 2 aromatic carbocycles. The van der Waals surface area contributed by atoms with Gasteiger partial charge in [-0.05, 0) is 30.0 Å². The Morgan fingerprint density at radius 2 is 1.91 bits per heavy atom. The molecule has 118 valence electrons. The lowest BCUT2D eigenvalue weighted by atomic mass is 9.89. The predicted molar refractivity (Wildman–Crippen MR) is 94.2 cm³/mol. The molecule has 2 aliphatic rings. The topological polar surface area (TPSA) is 12.5 Å². The molecule has 0 saturated carbocycles. The summed E-state index contributed by atoms with van der Waals surface area (Å²) in [6, 6.07) is 20.5. The third-order valence-corrected chi connectivity index (χ3v) is 4.94. The van der Waals surface area contributed by atoms with Crippen molar-refractivity contribution in [3.8, 4) is 0 Å². The molecule has 23 heavy (non-hydrogen) atoms. The molecule has 2 unspecified atom stereocenters. The number of hydrogen-bond donors (Lipinski definition) is 0. The lowest BCUT2D eigenvalue weighted by Gasteiger charge is -2.45. The van der Waals surface area contributed by atoms with Crippen molar-refractivity contribution in [2.45, 2.75) is 32.0 Å². The monoisotopic (exact) mass is 305 g/mol. The fourth-order valence-electron chi connectivity index (χ4n) is 3.76. The first-order valence-corrected chi connectivity index (χ1v) is 8.45. The SMILES string of the molecule is Cc1cccc(C2=CC3COCC(C2)N3Cc2ccccc2)c1. The summed E-state index contributed by atoms with van der Waals surface area (Å²) in [5.41, 5.74) is 5.57. The number of fused-ring (bicyclic) bond motifs is 2. The smallest absolute Gasteiger partial charge is 0.0658 e. The van der Waals surface area contributed by atoms with Crippen LogP contribution in [0, 0.1) is 6.92 Å². The van der Waals surface area contributed by atoms with Gasteiger partial charge in [0.15, 0.2) is 0 Å². The van der Waals surface area contributed by atoms with E-state index in [0.29, 0.717) is 12.1 Å². The average molecular weight is 305 g/mol. The van der Waals surface area contributed by atoms with Crippen LogP contribution >= 0.6 is 0 Å². The molecule has 1 fully saturated rings. The summed E-state index contributed by atoms with van der Waals surface area (Å²) in [6.07, 6.45) is 3.50. The van der Waals surface area contributed by atoms with Crippen LogP contribution in [0.15, 0.2) is 60.7 Å². The standard InChI is InChI=1S/C21H23NO/c1-16-6-5-9-18(10-16)19-11-20-14-23-15-21(12-19)22(20)13-17-7-3-2-4-8-17/h2-11,20-21H,12-15H2,1H3. The highest BCUT2D eigenvalue weighted by Crippen LogP contribution is 2.33. The minimum absolute atomic E-state index is 0.387. The van der Waals surface area contributed by atoms with Crippen molar-refractivity contribution in [3.05, 3.63) is 77.4 Å². The first-order chi connectivity index (χ1) is 11.3. The Labute approximate surface area is 138 Å². The minimum Gasteiger partial charge on any atom is -0.378 e. The molecule has 0 aromatic heterocycles. The van der Waals surface area contributed by atoms with E-state index >= 15 is 0 Å².